The van der Waals surface area contributed by atoms with Crippen LogP contribution in [0.5, 0.6) is 0 Å². The van der Waals surface area contributed by atoms with Gasteiger partial charge in [0.1, 0.15) is 0 Å². The molecule has 228 valence electrons. The summed E-state index contributed by atoms with van der Waals surface area (Å²) in [4.78, 5) is 0. The second-order valence-corrected chi connectivity index (χ2v) is 12.5. The molecule has 0 saturated carbocycles. The van der Waals surface area contributed by atoms with Gasteiger partial charge in [0.15, 0.2) is 0 Å². The zero-order valence-electron chi connectivity index (χ0n) is 26.8. The highest BCUT2D eigenvalue weighted by Gasteiger charge is 2.08. The van der Waals surface area contributed by atoms with Gasteiger partial charge in [-0.15, -0.1) is 0 Å². The van der Waals surface area contributed by atoms with Crippen molar-refractivity contribution in [2.24, 2.45) is 0 Å². The Labute approximate surface area is 261 Å². The molecule has 0 aliphatic carbocycles. The van der Waals surface area contributed by atoms with Crippen molar-refractivity contribution >= 4 is 11.4 Å². The van der Waals surface area contributed by atoms with Crippen LogP contribution in [-0.4, -0.2) is 0 Å². The maximum Gasteiger partial charge on any atom is 0.0314 e. The highest BCUT2D eigenvalue weighted by molar-refractivity contribution is 5.43. The zero-order chi connectivity index (χ0) is 30.3. The van der Waals surface area contributed by atoms with Crippen LogP contribution in [0.1, 0.15) is 116 Å². The standard InChI is InChI=1S/C41H54N2/c1-3-5-14-36-28-32(16-22-38(36)30-34-18-24-40(42)25-19-34)12-10-8-7-9-11-13-33-17-23-39(37(29-33)15-6-4-2)31-35-20-26-41(43)27-21-35/h16-29H,3-15,30-31,42-43H2,1-2H3. The molecular formula is C41H54N2. The lowest BCUT2D eigenvalue weighted by molar-refractivity contribution is 0.613. The van der Waals surface area contributed by atoms with Crippen LogP contribution in [0.15, 0.2) is 84.9 Å². The Morgan fingerprint density at radius 1 is 0.372 bits per heavy atom. The molecule has 2 nitrogen and oxygen atoms in total. The minimum atomic E-state index is 0.835. The number of aryl methyl sites for hydroxylation is 4. The van der Waals surface area contributed by atoms with Crippen LogP contribution in [0.2, 0.25) is 0 Å². The summed E-state index contributed by atoms with van der Waals surface area (Å²) in [5, 5.41) is 0. The van der Waals surface area contributed by atoms with E-state index in [2.05, 4.69) is 74.5 Å². The molecule has 0 radical (unpaired) electrons. The van der Waals surface area contributed by atoms with Crippen molar-refractivity contribution in [3.05, 3.63) is 129 Å². The van der Waals surface area contributed by atoms with Gasteiger partial charge in [0.25, 0.3) is 0 Å². The van der Waals surface area contributed by atoms with Gasteiger partial charge in [0.2, 0.25) is 0 Å². The van der Waals surface area contributed by atoms with E-state index in [-0.39, 0.29) is 0 Å². The van der Waals surface area contributed by atoms with Crippen molar-refractivity contribution in [3.63, 3.8) is 0 Å². The molecule has 0 aliphatic rings. The highest BCUT2D eigenvalue weighted by Crippen LogP contribution is 2.23. The number of anilines is 2. The van der Waals surface area contributed by atoms with Crippen molar-refractivity contribution < 1.29 is 0 Å². The molecule has 4 rings (SSSR count). The summed E-state index contributed by atoms with van der Waals surface area (Å²) in [6.45, 7) is 4.57. The Balaban J connectivity index is 1.22. The first-order valence-corrected chi connectivity index (χ1v) is 16.9. The number of unbranched alkanes of at least 4 members (excludes halogenated alkanes) is 6. The fourth-order valence-electron chi connectivity index (χ4n) is 6.11. The van der Waals surface area contributed by atoms with Crippen LogP contribution in [0.3, 0.4) is 0 Å². The molecule has 0 unspecified atom stereocenters. The van der Waals surface area contributed by atoms with E-state index in [1.807, 2.05) is 24.3 Å². The van der Waals surface area contributed by atoms with Crippen molar-refractivity contribution in [1.82, 2.24) is 0 Å². The number of hydrogen-bond donors (Lipinski definition) is 2. The van der Waals surface area contributed by atoms with E-state index in [1.54, 1.807) is 0 Å². The van der Waals surface area contributed by atoms with Gasteiger partial charge in [-0.1, -0.05) is 107 Å². The molecule has 4 aromatic carbocycles. The Morgan fingerprint density at radius 2 is 0.744 bits per heavy atom. The molecule has 2 heteroatoms. The van der Waals surface area contributed by atoms with Gasteiger partial charge in [-0.25, -0.2) is 0 Å². The first kappa shape index (κ1) is 32.4. The predicted molar refractivity (Wildman–Crippen MR) is 188 cm³/mol. The van der Waals surface area contributed by atoms with E-state index >= 15 is 0 Å². The normalized spacial score (nSPS) is 11.2. The Morgan fingerprint density at radius 3 is 1.14 bits per heavy atom. The fourth-order valence-corrected chi connectivity index (χ4v) is 6.11. The third-order valence-electron chi connectivity index (χ3n) is 8.82. The van der Waals surface area contributed by atoms with Gasteiger partial charge in [-0.2, -0.15) is 0 Å². The van der Waals surface area contributed by atoms with Crippen LogP contribution in [-0.2, 0) is 38.5 Å². The predicted octanol–water partition coefficient (Wildman–Crippen LogP) is 10.5. The van der Waals surface area contributed by atoms with Crippen LogP contribution >= 0.6 is 0 Å². The summed E-state index contributed by atoms with van der Waals surface area (Å²) < 4.78 is 0. The molecule has 0 aromatic heterocycles. The van der Waals surface area contributed by atoms with Crippen LogP contribution in [0, 0.1) is 0 Å². The molecule has 4 N–H and O–H groups in total. The summed E-state index contributed by atoms with van der Waals surface area (Å²) in [5.74, 6) is 0. The average Bonchev–Trinajstić information content (AvgIpc) is 3.02. The van der Waals surface area contributed by atoms with E-state index in [4.69, 9.17) is 11.5 Å². The molecule has 0 heterocycles. The van der Waals surface area contributed by atoms with E-state index in [9.17, 15) is 0 Å². The Hall–Kier alpha value is -3.52. The van der Waals surface area contributed by atoms with Gasteiger partial charge in [0, 0.05) is 11.4 Å². The minimum absolute atomic E-state index is 0.835. The van der Waals surface area contributed by atoms with Gasteiger partial charge < -0.3 is 11.5 Å². The van der Waals surface area contributed by atoms with E-state index in [0.29, 0.717) is 0 Å². The Bertz CT molecular complexity index is 1260. The fraction of sp³-hybridized carbons (Fsp3) is 0.415. The van der Waals surface area contributed by atoms with Gasteiger partial charge in [-0.05, 0) is 133 Å². The lowest BCUT2D eigenvalue weighted by Gasteiger charge is -2.13. The molecule has 0 atom stereocenters. The summed E-state index contributed by atoms with van der Waals surface area (Å²) in [7, 11) is 0. The lowest BCUT2D eigenvalue weighted by atomic mass is 9.92. The maximum atomic E-state index is 5.89. The monoisotopic (exact) mass is 574 g/mol. The number of nitrogens with two attached hydrogens (primary N) is 2. The third kappa shape index (κ3) is 10.9. The molecular weight excluding hydrogens is 520 g/mol. The maximum absolute atomic E-state index is 5.89. The van der Waals surface area contributed by atoms with E-state index in [1.165, 1.54) is 128 Å². The summed E-state index contributed by atoms with van der Waals surface area (Å²) in [6.07, 6.45) is 18.2. The van der Waals surface area contributed by atoms with E-state index < -0.39 is 0 Å². The first-order chi connectivity index (χ1) is 21.0. The smallest absolute Gasteiger partial charge is 0.0314 e. The summed E-state index contributed by atoms with van der Waals surface area (Å²) in [6, 6.07) is 31.2. The van der Waals surface area contributed by atoms with Crippen LogP contribution in [0.25, 0.3) is 0 Å². The van der Waals surface area contributed by atoms with Crippen molar-refractivity contribution in [2.45, 2.75) is 110 Å². The van der Waals surface area contributed by atoms with Crippen LogP contribution in [0.4, 0.5) is 11.4 Å². The number of rotatable bonds is 18. The number of nitrogen functional groups attached to an aromatic ring is 2. The molecule has 0 spiro atoms. The van der Waals surface area contributed by atoms with Gasteiger partial charge >= 0.3 is 0 Å². The summed E-state index contributed by atoms with van der Waals surface area (Å²) >= 11 is 0. The first-order valence-electron chi connectivity index (χ1n) is 16.9. The lowest BCUT2D eigenvalue weighted by Crippen LogP contribution is -1.99. The topological polar surface area (TPSA) is 52.0 Å². The largest absolute Gasteiger partial charge is 0.399 e. The van der Waals surface area contributed by atoms with Crippen molar-refractivity contribution in [2.75, 3.05) is 11.5 Å². The van der Waals surface area contributed by atoms with Crippen molar-refractivity contribution in [3.8, 4) is 0 Å². The second kappa shape index (κ2) is 17.6. The van der Waals surface area contributed by atoms with E-state index in [0.717, 1.165) is 24.2 Å². The van der Waals surface area contributed by atoms with Crippen molar-refractivity contribution in [1.29, 1.82) is 0 Å². The minimum Gasteiger partial charge on any atom is -0.399 e. The van der Waals surface area contributed by atoms with Gasteiger partial charge in [-0.3, -0.25) is 0 Å². The average molecular weight is 575 g/mol. The Kier molecular flexibility index (Phi) is 13.2. The molecule has 0 amide bonds. The SMILES string of the molecule is CCCCc1cc(CCCCCCCc2ccc(Cc3ccc(N)cc3)c(CCCC)c2)ccc1Cc1ccc(N)cc1. The molecule has 43 heavy (non-hydrogen) atoms. The number of hydrogen-bond acceptors (Lipinski definition) is 2. The molecule has 0 fully saturated rings. The molecule has 4 aromatic rings. The molecule has 0 bridgehead atoms. The second-order valence-electron chi connectivity index (χ2n) is 12.5. The number of benzene rings is 4. The summed E-state index contributed by atoms with van der Waals surface area (Å²) in [5.41, 5.74) is 25.2. The zero-order valence-corrected chi connectivity index (χ0v) is 26.8. The highest BCUT2D eigenvalue weighted by atomic mass is 14.5. The van der Waals surface area contributed by atoms with Gasteiger partial charge in [0.05, 0.1) is 0 Å². The van der Waals surface area contributed by atoms with Crippen LogP contribution < -0.4 is 11.5 Å². The third-order valence-corrected chi connectivity index (χ3v) is 8.82. The molecule has 0 saturated heterocycles. The molecule has 0 aliphatic heterocycles. The quantitative estimate of drug-likeness (QED) is 0.0917.